The van der Waals surface area contributed by atoms with E-state index in [4.69, 9.17) is 5.73 Å². The molecule has 0 spiro atoms. The van der Waals surface area contributed by atoms with Gasteiger partial charge in [0.2, 0.25) is 0 Å². The monoisotopic (exact) mass is 268 g/mol. The molecule has 20 heavy (non-hydrogen) atoms. The maximum absolute atomic E-state index is 6.09. The molecule has 2 heterocycles. The minimum atomic E-state index is 0.366. The summed E-state index contributed by atoms with van der Waals surface area (Å²) in [4.78, 5) is 12.4. The standard InChI is InChI=1S/C14H16N6/c1-9(2)10-4-3-5-11(15)13(10)19-20-8-18-12-6-16-7-17-14(12)20/h3-9,19H,15H2,1-2H3. The summed E-state index contributed by atoms with van der Waals surface area (Å²) in [5, 5.41) is 0. The summed E-state index contributed by atoms with van der Waals surface area (Å²) in [6, 6.07) is 5.91. The zero-order valence-electron chi connectivity index (χ0n) is 11.4. The summed E-state index contributed by atoms with van der Waals surface area (Å²) in [7, 11) is 0. The van der Waals surface area contributed by atoms with Crippen molar-refractivity contribution in [3.63, 3.8) is 0 Å². The highest BCUT2D eigenvalue weighted by atomic mass is 15.4. The predicted octanol–water partition coefficient (Wildman–Crippen LogP) is 2.41. The molecular formula is C14H16N6. The highest BCUT2D eigenvalue weighted by Crippen LogP contribution is 2.29. The molecule has 2 aromatic heterocycles. The van der Waals surface area contributed by atoms with Crippen LogP contribution in [0.15, 0.2) is 37.1 Å². The van der Waals surface area contributed by atoms with Gasteiger partial charge in [-0.25, -0.2) is 19.6 Å². The quantitative estimate of drug-likeness (QED) is 0.713. The van der Waals surface area contributed by atoms with E-state index in [1.807, 2.05) is 12.1 Å². The number of aromatic nitrogens is 4. The zero-order chi connectivity index (χ0) is 14.1. The van der Waals surface area contributed by atoms with Crippen molar-refractivity contribution in [2.45, 2.75) is 19.8 Å². The van der Waals surface area contributed by atoms with Crippen molar-refractivity contribution in [2.24, 2.45) is 0 Å². The largest absolute Gasteiger partial charge is 0.397 e. The van der Waals surface area contributed by atoms with Gasteiger partial charge in [0.15, 0.2) is 5.65 Å². The summed E-state index contributed by atoms with van der Waals surface area (Å²) in [6.45, 7) is 4.27. The summed E-state index contributed by atoms with van der Waals surface area (Å²) in [5.74, 6) is 0.366. The molecule has 1 aromatic carbocycles. The van der Waals surface area contributed by atoms with Crippen LogP contribution >= 0.6 is 0 Å². The van der Waals surface area contributed by atoms with Crippen LogP contribution in [-0.4, -0.2) is 19.6 Å². The van der Waals surface area contributed by atoms with Crippen molar-refractivity contribution in [3.05, 3.63) is 42.6 Å². The van der Waals surface area contributed by atoms with Gasteiger partial charge in [0.05, 0.1) is 17.6 Å². The molecule has 0 saturated heterocycles. The number of nitrogens with zero attached hydrogens (tertiary/aromatic N) is 4. The maximum Gasteiger partial charge on any atom is 0.182 e. The number of benzene rings is 1. The molecule has 0 amide bonds. The molecule has 6 nitrogen and oxygen atoms in total. The van der Waals surface area contributed by atoms with Crippen LogP contribution in [-0.2, 0) is 0 Å². The molecule has 0 atom stereocenters. The molecule has 0 aliphatic rings. The molecule has 0 saturated carbocycles. The van der Waals surface area contributed by atoms with Crippen LogP contribution < -0.4 is 11.2 Å². The molecule has 0 unspecified atom stereocenters. The van der Waals surface area contributed by atoms with Crippen LogP contribution in [0.3, 0.4) is 0 Å². The lowest BCUT2D eigenvalue weighted by Crippen LogP contribution is -2.12. The van der Waals surface area contributed by atoms with Crippen LogP contribution in [0.2, 0.25) is 0 Å². The Morgan fingerprint density at radius 1 is 1.25 bits per heavy atom. The normalized spacial score (nSPS) is 11.2. The Bertz CT molecular complexity index is 746. The molecule has 0 aliphatic heterocycles. The van der Waals surface area contributed by atoms with E-state index in [1.165, 1.54) is 6.33 Å². The third kappa shape index (κ3) is 2.05. The zero-order valence-corrected chi connectivity index (χ0v) is 11.4. The number of hydrogen-bond donors (Lipinski definition) is 2. The van der Waals surface area contributed by atoms with Gasteiger partial charge in [-0.05, 0) is 17.5 Å². The second-order valence-electron chi connectivity index (χ2n) is 4.92. The van der Waals surface area contributed by atoms with Crippen molar-refractivity contribution in [1.82, 2.24) is 19.6 Å². The van der Waals surface area contributed by atoms with Crippen LogP contribution in [0.4, 0.5) is 11.4 Å². The van der Waals surface area contributed by atoms with E-state index in [9.17, 15) is 0 Å². The Morgan fingerprint density at radius 3 is 2.90 bits per heavy atom. The average Bonchev–Trinajstić information content (AvgIpc) is 2.84. The Balaban J connectivity index is 2.07. The van der Waals surface area contributed by atoms with Crippen molar-refractivity contribution < 1.29 is 0 Å². The van der Waals surface area contributed by atoms with Gasteiger partial charge in [-0.2, -0.15) is 0 Å². The number of imidazole rings is 1. The van der Waals surface area contributed by atoms with Gasteiger partial charge in [0.25, 0.3) is 0 Å². The van der Waals surface area contributed by atoms with E-state index in [1.54, 1.807) is 17.2 Å². The smallest absolute Gasteiger partial charge is 0.182 e. The first-order valence-electron chi connectivity index (χ1n) is 6.45. The summed E-state index contributed by atoms with van der Waals surface area (Å²) in [5.41, 5.74) is 13.6. The van der Waals surface area contributed by atoms with Crippen molar-refractivity contribution in [3.8, 4) is 0 Å². The Labute approximate surface area is 116 Å². The lowest BCUT2D eigenvalue weighted by Gasteiger charge is -2.17. The van der Waals surface area contributed by atoms with Gasteiger partial charge in [-0.15, -0.1) is 0 Å². The fourth-order valence-corrected chi connectivity index (χ4v) is 2.17. The van der Waals surface area contributed by atoms with Crippen LogP contribution in [0.5, 0.6) is 0 Å². The summed E-state index contributed by atoms with van der Waals surface area (Å²) < 4.78 is 1.76. The van der Waals surface area contributed by atoms with Gasteiger partial charge in [0.1, 0.15) is 18.2 Å². The summed E-state index contributed by atoms with van der Waals surface area (Å²) in [6.07, 6.45) is 4.86. The van der Waals surface area contributed by atoms with Gasteiger partial charge in [-0.3, -0.25) is 5.43 Å². The highest BCUT2D eigenvalue weighted by molar-refractivity contribution is 5.74. The molecule has 6 heteroatoms. The van der Waals surface area contributed by atoms with Gasteiger partial charge >= 0.3 is 0 Å². The summed E-state index contributed by atoms with van der Waals surface area (Å²) >= 11 is 0. The van der Waals surface area contributed by atoms with Crippen molar-refractivity contribution in [1.29, 1.82) is 0 Å². The SMILES string of the molecule is CC(C)c1cccc(N)c1Nn1cnc2cncnc21. The van der Waals surface area contributed by atoms with E-state index in [0.29, 0.717) is 11.6 Å². The third-order valence-corrected chi connectivity index (χ3v) is 3.20. The van der Waals surface area contributed by atoms with Gasteiger partial charge < -0.3 is 5.73 Å². The number of para-hydroxylation sites is 1. The first-order valence-corrected chi connectivity index (χ1v) is 6.45. The van der Waals surface area contributed by atoms with Crippen LogP contribution in [0.1, 0.15) is 25.3 Å². The van der Waals surface area contributed by atoms with E-state index in [2.05, 4.69) is 40.3 Å². The van der Waals surface area contributed by atoms with E-state index in [-0.39, 0.29) is 0 Å². The minimum Gasteiger partial charge on any atom is -0.397 e. The average molecular weight is 268 g/mol. The number of fused-ring (bicyclic) bond motifs is 1. The number of anilines is 2. The Hall–Kier alpha value is -2.63. The van der Waals surface area contributed by atoms with Crippen LogP contribution in [0, 0.1) is 0 Å². The second-order valence-corrected chi connectivity index (χ2v) is 4.92. The molecule has 0 radical (unpaired) electrons. The lowest BCUT2D eigenvalue weighted by molar-refractivity contribution is 0.857. The maximum atomic E-state index is 6.09. The van der Waals surface area contributed by atoms with E-state index < -0.39 is 0 Å². The number of nitrogens with two attached hydrogens (primary N) is 1. The first kappa shape index (κ1) is 12.4. The molecule has 102 valence electrons. The topological polar surface area (TPSA) is 81.6 Å². The van der Waals surface area contributed by atoms with Gasteiger partial charge in [-0.1, -0.05) is 26.0 Å². The number of rotatable bonds is 3. The van der Waals surface area contributed by atoms with Crippen molar-refractivity contribution >= 4 is 22.5 Å². The Kier molecular flexibility index (Phi) is 2.98. The molecule has 3 aromatic rings. The van der Waals surface area contributed by atoms with Crippen molar-refractivity contribution in [2.75, 3.05) is 11.2 Å². The predicted molar refractivity (Wildman–Crippen MR) is 79.3 cm³/mol. The fraction of sp³-hybridized carbons (Fsp3) is 0.214. The van der Waals surface area contributed by atoms with Crippen LogP contribution in [0.25, 0.3) is 11.2 Å². The number of nitrogen functional groups attached to an aromatic ring is 1. The minimum absolute atomic E-state index is 0.366. The van der Waals surface area contributed by atoms with Gasteiger partial charge in [0, 0.05) is 0 Å². The molecule has 0 fully saturated rings. The third-order valence-electron chi connectivity index (χ3n) is 3.20. The lowest BCUT2D eigenvalue weighted by atomic mass is 10.0. The first-order chi connectivity index (χ1) is 9.66. The molecule has 0 bridgehead atoms. The fourth-order valence-electron chi connectivity index (χ4n) is 2.17. The second kappa shape index (κ2) is 4.80. The molecular weight excluding hydrogens is 252 g/mol. The molecule has 0 aliphatic carbocycles. The highest BCUT2D eigenvalue weighted by Gasteiger charge is 2.11. The Morgan fingerprint density at radius 2 is 2.10 bits per heavy atom. The van der Waals surface area contributed by atoms with E-state index in [0.717, 1.165) is 22.4 Å². The number of nitrogens with one attached hydrogen (secondary N) is 1. The number of hydrogen-bond acceptors (Lipinski definition) is 5. The molecule has 3 rings (SSSR count). The molecule has 3 N–H and O–H groups in total. The van der Waals surface area contributed by atoms with E-state index >= 15 is 0 Å².